The first kappa shape index (κ1) is 13.2. The summed E-state index contributed by atoms with van der Waals surface area (Å²) >= 11 is 0. The summed E-state index contributed by atoms with van der Waals surface area (Å²) in [5, 5.41) is 14.6. The Morgan fingerprint density at radius 1 is 1.47 bits per heavy atom. The summed E-state index contributed by atoms with van der Waals surface area (Å²) in [5.74, 6) is 0.328. The number of carbonyl (C=O) groups excluding carboxylic acids is 1. The molecule has 0 fully saturated rings. The van der Waals surface area contributed by atoms with Gasteiger partial charge in [0.25, 0.3) is 0 Å². The van der Waals surface area contributed by atoms with E-state index in [-0.39, 0.29) is 5.91 Å². The molecule has 92 valence electrons. The van der Waals surface area contributed by atoms with Crippen molar-refractivity contribution in [2.75, 3.05) is 5.32 Å². The fourth-order valence-electron chi connectivity index (χ4n) is 1.46. The van der Waals surface area contributed by atoms with E-state index >= 15 is 0 Å². The van der Waals surface area contributed by atoms with Crippen molar-refractivity contribution in [3.63, 3.8) is 0 Å². The van der Waals surface area contributed by atoms with Gasteiger partial charge in [0.1, 0.15) is 0 Å². The molecule has 0 spiro atoms. The number of rotatable bonds is 4. The summed E-state index contributed by atoms with van der Waals surface area (Å²) in [7, 11) is 0. The molecule has 1 aromatic carbocycles. The van der Waals surface area contributed by atoms with Gasteiger partial charge < -0.3 is 10.5 Å². The molecule has 1 amide bonds. The van der Waals surface area contributed by atoms with Crippen LogP contribution in [0.5, 0.6) is 0 Å². The van der Waals surface area contributed by atoms with Crippen LogP contribution >= 0.6 is 0 Å². The van der Waals surface area contributed by atoms with Gasteiger partial charge in [-0.25, -0.2) is 0 Å². The smallest absolute Gasteiger partial charge is 0.224 e. The van der Waals surface area contributed by atoms with Crippen molar-refractivity contribution in [2.45, 2.75) is 27.2 Å². The van der Waals surface area contributed by atoms with Crippen LogP contribution in [0.2, 0.25) is 0 Å². The summed E-state index contributed by atoms with van der Waals surface area (Å²) in [6.45, 7) is 5.70. The maximum absolute atomic E-state index is 11.6. The summed E-state index contributed by atoms with van der Waals surface area (Å²) in [4.78, 5) is 11.6. The number of amides is 1. The number of anilines is 1. The lowest BCUT2D eigenvalue weighted by molar-refractivity contribution is -0.116. The van der Waals surface area contributed by atoms with Gasteiger partial charge in [-0.1, -0.05) is 31.1 Å². The number of hydrogen-bond donors (Lipinski definition) is 2. The van der Waals surface area contributed by atoms with Crippen molar-refractivity contribution in [1.29, 1.82) is 0 Å². The SMILES string of the molecule is C/C(=N\O)c1cccc(NC(=O)CC(C)C)c1. The Balaban J connectivity index is 2.76. The fourth-order valence-corrected chi connectivity index (χ4v) is 1.46. The predicted molar refractivity (Wildman–Crippen MR) is 68.5 cm³/mol. The minimum atomic E-state index is -0.00394. The lowest BCUT2D eigenvalue weighted by Gasteiger charge is -2.08. The van der Waals surface area contributed by atoms with Gasteiger partial charge in [0.05, 0.1) is 5.71 Å². The summed E-state index contributed by atoms with van der Waals surface area (Å²) in [6.07, 6.45) is 0.497. The zero-order valence-electron chi connectivity index (χ0n) is 10.4. The molecule has 0 aliphatic rings. The molecular weight excluding hydrogens is 216 g/mol. The Labute approximate surface area is 101 Å². The van der Waals surface area contributed by atoms with Gasteiger partial charge in [0.15, 0.2) is 0 Å². The molecule has 0 aromatic heterocycles. The largest absolute Gasteiger partial charge is 0.411 e. The first-order valence-corrected chi connectivity index (χ1v) is 5.62. The van der Waals surface area contributed by atoms with Gasteiger partial charge in [-0.15, -0.1) is 0 Å². The minimum absolute atomic E-state index is 0.00394. The van der Waals surface area contributed by atoms with Gasteiger partial charge in [-0.05, 0) is 25.0 Å². The predicted octanol–water partition coefficient (Wildman–Crippen LogP) is 2.87. The number of nitrogens with one attached hydrogen (secondary N) is 1. The van der Waals surface area contributed by atoms with Crippen LogP contribution in [0.1, 0.15) is 32.8 Å². The van der Waals surface area contributed by atoms with Crippen molar-refractivity contribution >= 4 is 17.3 Å². The van der Waals surface area contributed by atoms with Gasteiger partial charge in [-0.2, -0.15) is 0 Å². The first-order chi connectivity index (χ1) is 8.02. The maximum Gasteiger partial charge on any atom is 0.224 e. The zero-order valence-corrected chi connectivity index (χ0v) is 10.4. The van der Waals surface area contributed by atoms with Crippen LogP contribution in [0.25, 0.3) is 0 Å². The van der Waals surface area contributed by atoms with Gasteiger partial charge >= 0.3 is 0 Å². The molecule has 1 rings (SSSR count). The Kier molecular flexibility index (Phi) is 4.69. The number of hydrogen-bond acceptors (Lipinski definition) is 3. The maximum atomic E-state index is 11.6. The van der Waals surface area contributed by atoms with Crippen LogP contribution in [-0.4, -0.2) is 16.8 Å². The second kappa shape index (κ2) is 6.03. The van der Waals surface area contributed by atoms with Crippen LogP contribution in [0.4, 0.5) is 5.69 Å². The molecule has 0 saturated heterocycles. The van der Waals surface area contributed by atoms with Gasteiger partial charge in [0.2, 0.25) is 5.91 Å². The average molecular weight is 234 g/mol. The molecule has 17 heavy (non-hydrogen) atoms. The third kappa shape index (κ3) is 4.26. The molecule has 0 bridgehead atoms. The lowest BCUT2D eigenvalue weighted by atomic mass is 10.1. The van der Waals surface area contributed by atoms with Crippen molar-refractivity contribution in [3.8, 4) is 0 Å². The molecule has 0 atom stereocenters. The monoisotopic (exact) mass is 234 g/mol. The molecule has 0 aliphatic heterocycles. The number of nitrogens with zero attached hydrogens (tertiary/aromatic N) is 1. The highest BCUT2D eigenvalue weighted by Crippen LogP contribution is 2.12. The van der Waals surface area contributed by atoms with E-state index in [1.807, 2.05) is 32.0 Å². The van der Waals surface area contributed by atoms with E-state index in [0.29, 0.717) is 18.1 Å². The minimum Gasteiger partial charge on any atom is -0.411 e. The van der Waals surface area contributed by atoms with Crippen molar-refractivity contribution in [1.82, 2.24) is 0 Å². The van der Waals surface area contributed by atoms with Crippen LogP contribution in [0.15, 0.2) is 29.4 Å². The normalized spacial score (nSPS) is 11.6. The highest BCUT2D eigenvalue weighted by Gasteiger charge is 2.06. The summed E-state index contributed by atoms with van der Waals surface area (Å²) < 4.78 is 0. The molecule has 0 aliphatic carbocycles. The van der Waals surface area contributed by atoms with E-state index in [1.165, 1.54) is 0 Å². The van der Waals surface area contributed by atoms with Gasteiger partial charge in [-0.3, -0.25) is 4.79 Å². The fraction of sp³-hybridized carbons (Fsp3) is 0.385. The van der Waals surface area contributed by atoms with E-state index in [1.54, 1.807) is 13.0 Å². The second-order valence-electron chi connectivity index (χ2n) is 4.41. The second-order valence-corrected chi connectivity index (χ2v) is 4.41. The molecule has 0 heterocycles. The molecule has 2 N–H and O–H groups in total. The Hall–Kier alpha value is -1.84. The summed E-state index contributed by atoms with van der Waals surface area (Å²) in [5.41, 5.74) is 2.02. The molecular formula is C13H18N2O2. The van der Waals surface area contributed by atoms with Crippen LogP contribution < -0.4 is 5.32 Å². The lowest BCUT2D eigenvalue weighted by Crippen LogP contribution is -2.14. The third-order valence-electron chi connectivity index (χ3n) is 2.31. The van der Waals surface area contributed by atoms with Crippen LogP contribution in [0, 0.1) is 5.92 Å². The number of carbonyl (C=O) groups is 1. The third-order valence-corrected chi connectivity index (χ3v) is 2.31. The number of oxime groups is 1. The first-order valence-electron chi connectivity index (χ1n) is 5.62. The topological polar surface area (TPSA) is 61.7 Å². The molecule has 0 unspecified atom stereocenters. The quantitative estimate of drug-likeness (QED) is 0.478. The molecule has 0 radical (unpaired) electrons. The highest BCUT2D eigenvalue weighted by atomic mass is 16.4. The van der Waals surface area contributed by atoms with E-state index in [9.17, 15) is 4.79 Å². The summed E-state index contributed by atoms with van der Waals surface area (Å²) in [6, 6.07) is 7.24. The van der Waals surface area contributed by atoms with Crippen molar-refractivity contribution < 1.29 is 10.0 Å². The zero-order chi connectivity index (χ0) is 12.8. The van der Waals surface area contributed by atoms with E-state index in [4.69, 9.17) is 5.21 Å². The van der Waals surface area contributed by atoms with E-state index in [2.05, 4.69) is 10.5 Å². The molecule has 1 aromatic rings. The standard InChI is InChI=1S/C13H18N2O2/c1-9(2)7-13(16)14-12-6-4-5-11(8-12)10(3)15-17/h4-6,8-9,17H,7H2,1-3H3,(H,14,16)/b15-10+. The Morgan fingerprint density at radius 3 is 2.76 bits per heavy atom. The van der Waals surface area contributed by atoms with Crippen molar-refractivity contribution in [3.05, 3.63) is 29.8 Å². The van der Waals surface area contributed by atoms with E-state index < -0.39 is 0 Å². The number of benzene rings is 1. The molecule has 4 heteroatoms. The average Bonchev–Trinajstić information content (AvgIpc) is 2.27. The highest BCUT2D eigenvalue weighted by molar-refractivity contribution is 6.00. The van der Waals surface area contributed by atoms with Gasteiger partial charge in [0, 0.05) is 17.7 Å². The van der Waals surface area contributed by atoms with Crippen molar-refractivity contribution in [2.24, 2.45) is 11.1 Å². The molecule has 4 nitrogen and oxygen atoms in total. The molecule has 0 saturated carbocycles. The Bertz CT molecular complexity index is 425. The van der Waals surface area contributed by atoms with E-state index in [0.717, 1.165) is 11.3 Å². The van der Waals surface area contributed by atoms with Crippen LogP contribution in [0.3, 0.4) is 0 Å². The van der Waals surface area contributed by atoms with Crippen LogP contribution in [-0.2, 0) is 4.79 Å². The Morgan fingerprint density at radius 2 is 2.18 bits per heavy atom.